The number of rotatable bonds is 9. The Bertz CT molecular complexity index is 1120. The van der Waals surface area contributed by atoms with Crippen molar-refractivity contribution in [1.29, 1.82) is 0 Å². The van der Waals surface area contributed by atoms with Crippen LogP contribution in [0.3, 0.4) is 0 Å². The van der Waals surface area contributed by atoms with Gasteiger partial charge in [0.25, 0.3) is 5.91 Å². The van der Waals surface area contributed by atoms with Crippen molar-refractivity contribution in [2.45, 2.75) is 46.7 Å². The summed E-state index contributed by atoms with van der Waals surface area (Å²) in [6.07, 6.45) is 0.417. The first-order valence-corrected chi connectivity index (χ1v) is 11.6. The molecule has 0 heterocycles. The maximum absolute atomic E-state index is 13.5. The molecule has 0 bridgehead atoms. The van der Waals surface area contributed by atoms with E-state index in [0.29, 0.717) is 18.7 Å². The standard InChI is InChI=1S/C29H34N2O3/c1-20-11-13-25(14-12-20)18-31(26(29(33)30-5)17-24-9-7-6-8-10-24)28(32)19-34-27-16-21(2)15-22(3)23(27)4/h6-16,26H,17-19H2,1-5H3,(H,30,33)/t26-/m1/s1. The summed E-state index contributed by atoms with van der Waals surface area (Å²) in [5.74, 6) is 0.260. The first-order chi connectivity index (χ1) is 16.3. The molecule has 0 saturated heterocycles. The smallest absolute Gasteiger partial charge is 0.261 e. The molecular weight excluding hydrogens is 424 g/mol. The third-order valence-corrected chi connectivity index (χ3v) is 6.11. The Hall–Kier alpha value is -3.60. The Balaban J connectivity index is 1.89. The summed E-state index contributed by atoms with van der Waals surface area (Å²) in [4.78, 5) is 28.2. The Morgan fingerprint density at radius 2 is 1.56 bits per heavy atom. The number of hydrogen-bond donors (Lipinski definition) is 1. The van der Waals surface area contributed by atoms with E-state index in [1.165, 1.54) is 0 Å². The molecule has 5 nitrogen and oxygen atoms in total. The van der Waals surface area contributed by atoms with Crippen LogP contribution in [0.5, 0.6) is 5.75 Å². The molecule has 0 aliphatic carbocycles. The van der Waals surface area contributed by atoms with E-state index >= 15 is 0 Å². The van der Waals surface area contributed by atoms with Gasteiger partial charge < -0.3 is 15.0 Å². The molecule has 34 heavy (non-hydrogen) atoms. The summed E-state index contributed by atoms with van der Waals surface area (Å²) in [7, 11) is 1.60. The van der Waals surface area contributed by atoms with Gasteiger partial charge in [-0.15, -0.1) is 0 Å². The summed E-state index contributed by atoms with van der Waals surface area (Å²) < 4.78 is 5.99. The van der Waals surface area contributed by atoms with E-state index in [9.17, 15) is 9.59 Å². The quantitative estimate of drug-likeness (QED) is 0.506. The Morgan fingerprint density at radius 3 is 2.21 bits per heavy atom. The lowest BCUT2D eigenvalue weighted by atomic mass is 10.0. The highest BCUT2D eigenvalue weighted by molar-refractivity contribution is 5.88. The maximum atomic E-state index is 13.5. The number of benzene rings is 3. The molecule has 0 saturated carbocycles. The monoisotopic (exact) mass is 458 g/mol. The highest BCUT2D eigenvalue weighted by atomic mass is 16.5. The highest BCUT2D eigenvalue weighted by Gasteiger charge is 2.30. The second-order valence-electron chi connectivity index (χ2n) is 8.82. The zero-order valence-electron chi connectivity index (χ0n) is 20.7. The lowest BCUT2D eigenvalue weighted by Gasteiger charge is -2.31. The Labute approximate surface area is 202 Å². The molecule has 1 atom stereocenters. The number of ether oxygens (including phenoxy) is 1. The van der Waals surface area contributed by atoms with E-state index in [0.717, 1.165) is 33.4 Å². The molecule has 0 fully saturated rings. The summed E-state index contributed by atoms with van der Waals surface area (Å²) in [6, 6.07) is 21.1. The fourth-order valence-electron chi connectivity index (χ4n) is 3.98. The van der Waals surface area contributed by atoms with Gasteiger partial charge in [0.05, 0.1) is 0 Å². The van der Waals surface area contributed by atoms with Crippen molar-refractivity contribution >= 4 is 11.8 Å². The van der Waals surface area contributed by atoms with Gasteiger partial charge in [-0.2, -0.15) is 0 Å². The van der Waals surface area contributed by atoms with Crippen molar-refractivity contribution in [1.82, 2.24) is 10.2 Å². The molecule has 2 amide bonds. The zero-order valence-corrected chi connectivity index (χ0v) is 20.7. The van der Waals surface area contributed by atoms with Gasteiger partial charge in [0.15, 0.2) is 6.61 Å². The minimum absolute atomic E-state index is 0.141. The number of carbonyl (C=O) groups excluding carboxylic acids is 2. The number of aryl methyl sites for hydroxylation is 3. The molecule has 1 N–H and O–H groups in total. The summed E-state index contributed by atoms with van der Waals surface area (Å²) in [5.41, 5.74) is 6.30. The van der Waals surface area contributed by atoms with Crippen LogP contribution in [-0.4, -0.2) is 36.4 Å². The molecule has 3 aromatic carbocycles. The van der Waals surface area contributed by atoms with Crippen molar-refractivity contribution in [3.05, 3.63) is 100 Å². The van der Waals surface area contributed by atoms with Crippen LogP contribution < -0.4 is 10.1 Å². The van der Waals surface area contributed by atoms with Crippen molar-refractivity contribution in [2.24, 2.45) is 0 Å². The van der Waals surface area contributed by atoms with Crippen LogP contribution in [0.15, 0.2) is 66.7 Å². The minimum Gasteiger partial charge on any atom is -0.483 e. The lowest BCUT2D eigenvalue weighted by molar-refractivity contribution is -0.142. The third kappa shape index (κ3) is 6.47. The number of nitrogens with zero attached hydrogens (tertiary/aromatic N) is 1. The lowest BCUT2D eigenvalue weighted by Crippen LogP contribution is -2.51. The molecule has 0 spiro atoms. The fourth-order valence-corrected chi connectivity index (χ4v) is 3.98. The van der Waals surface area contributed by atoms with Crippen molar-refractivity contribution in [3.63, 3.8) is 0 Å². The summed E-state index contributed by atoms with van der Waals surface area (Å²) in [6.45, 7) is 8.22. The van der Waals surface area contributed by atoms with Crippen LogP contribution in [0.4, 0.5) is 0 Å². The van der Waals surface area contributed by atoms with Crippen molar-refractivity contribution in [3.8, 4) is 5.75 Å². The molecule has 0 aliphatic heterocycles. The van der Waals surface area contributed by atoms with E-state index in [-0.39, 0.29) is 18.4 Å². The summed E-state index contributed by atoms with van der Waals surface area (Å²) >= 11 is 0. The number of nitrogens with one attached hydrogen (secondary N) is 1. The minimum atomic E-state index is -0.662. The third-order valence-electron chi connectivity index (χ3n) is 6.11. The predicted octanol–water partition coefficient (Wildman–Crippen LogP) is 4.69. The van der Waals surface area contributed by atoms with Crippen LogP contribution in [-0.2, 0) is 22.6 Å². The van der Waals surface area contributed by atoms with Crippen molar-refractivity contribution in [2.75, 3.05) is 13.7 Å². The van der Waals surface area contributed by atoms with Gasteiger partial charge in [0, 0.05) is 20.0 Å². The van der Waals surface area contributed by atoms with Crippen LogP contribution in [0, 0.1) is 27.7 Å². The molecule has 3 rings (SSSR count). The fraction of sp³-hybridized carbons (Fsp3) is 0.310. The zero-order chi connectivity index (χ0) is 24.7. The number of likely N-dealkylation sites (N-methyl/N-ethyl adjacent to an activating group) is 1. The Kier molecular flexibility index (Phi) is 8.47. The second kappa shape index (κ2) is 11.5. The topological polar surface area (TPSA) is 58.6 Å². The largest absolute Gasteiger partial charge is 0.483 e. The van der Waals surface area contributed by atoms with E-state index in [1.807, 2.05) is 88.4 Å². The van der Waals surface area contributed by atoms with Gasteiger partial charge in [-0.3, -0.25) is 9.59 Å². The van der Waals surface area contributed by atoms with E-state index in [2.05, 4.69) is 11.4 Å². The number of amides is 2. The van der Waals surface area contributed by atoms with Gasteiger partial charge in [-0.05, 0) is 61.6 Å². The number of carbonyl (C=O) groups is 2. The highest BCUT2D eigenvalue weighted by Crippen LogP contribution is 2.24. The van der Waals surface area contributed by atoms with E-state index in [4.69, 9.17) is 4.74 Å². The van der Waals surface area contributed by atoms with Crippen LogP contribution in [0.2, 0.25) is 0 Å². The molecule has 0 aliphatic rings. The van der Waals surface area contributed by atoms with Crippen LogP contribution >= 0.6 is 0 Å². The predicted molar refractivity (Wildman–Crippen MR) is 136 cm³/mol. The number of hydrogen-bond acceptors (Lipinski definition) is 3. The molecular formula is C29H34N2O3. The first kappa shape index (κ1) is 25.0. The van der Waals surface area contributed by atoms with Gasteiger partial charge in [0.1, 0.15) is 11.8 Å². The van der Waals surface area contributed by atoms with Crippen LogP contribution in [0.25, 0.3) is 0 Å². The average molecular weight is 459 g/mol. The van der Waals surface area contributed by atoms with Crippen molar-refractivity contribution < 1.29 is 14.3 Å². The molecule has 0 unspecified atom stereocenters. The van der Waals surface area contributed by atoms with Gasteiger partial charge in [-0.25, -0.2) is 0 Å². The Morgan fingerprint density at radius 1 is 0.882 bits per heavy atom. The van der Waals surface area contributed by atoms with Crippen LogP contribution in [0.1, 0.15) is 33.4 Å². The van der Waals surface area contributed by atoms with E-state index < -0.39 is 6.04 Å². The average Bonchev–Trinajstić information content (AvgIpc) is 2.83. The van der Waals surface area contributed by atoms with E-state index in [1.54, 1.807) is 11.9 Å². The van der Waals surface area contributed by atoms with Gasteiger partial charge >= 0.3 is 0 Å². The van der Waals surface area contributed by atoms with Gasteiger partial charge in [0.2, 0.25) is 5.91 Å². The maximum Gasteiger partial charge on any atom is 0.261 e. The molecule has 0 radical (unpaired) electrons. The first-order valence-electron chi connectivity index (χ1n) is 11.6. The normalized spacial score (nSPS) is 11.6. The molecule has 5 heteroatoms. The van der Waals surface area contributed by atoms with Gasteiger partial charge in [-0.1, -0.05) is 66.2 Å². The molecule has 0 aromatic heterocycles. The summed E-state index contributed by atoms with van der Waals surface area (Å²) in [5, 5.41) is 2.74. The molecule has 178 valence electrons. The second-order valence-corrected chi connectivity index (χ2v) is 8.82. The molecule has 3 aromatic rings. The SMILES string of the molecule is CNC(=O)[C@@H](Cc1ccccc1)N(Cc1ccc(C)cc1)C(=O)COc1cc(C)cc(C)c1C.